The van der Waals surface area contributed by atoms with Crippen LogP contribution in [0.1, 0.15) is 61.6 Å². The summed E-state index contributed by atoms with van der Waals surface area (Å²) in [6.45, 7) is 4.29. The van der Waals surface area contributed by atoms with E-state index in [0.717, 1.165) is 69.5 Å². The van der Waals surface area contributed by atoms with Crippen LogP contribution in [0.5, 0.6) is 0 Å². The summed E-state index contributed by atoms with van der Waals surface area (Å²) in [4.78, 5) is 21.6. The highest BCUT2D eigenvalue weighted by atomic mass is 35.5. The van der Waals surface area contributed by atoms with Gasteiger partial charge < -0.3 is 14.4 Å². The molecule has 0 amide bonds. The zero-order chi connectivity index (χ0) is 26.2. The summed E-state index contributed by atoms with van der Waals surface area (Å²) in [5.74, 6) is 0.412. The second-order valence-electron chi connectivity index (χ2n) is 11.6. The molecule has 38 heavy (non-hydrogen) atoms. The van der Waals surface area contributed by atoms with Gasteiger partial charge in [-0.15, -0.1) is 0 Å². The molecule has 6 nitrogen and oxygen atoms in total. The molecule has 3 aliphatic rings. The Bertz CT molecular complexity index is 1290. The lowest BCUT2D eigenvalue weighted by molar-refractivity contribution is -0.144. The molecular weight excluding hydrogens is 503 g/mol. The van der Waals surface area contributed by atoms with Gasteiger partial charge in [-0.2, -0.15) is 0 Å². The fourth-order valence-electron chi connectivity index (χ4n) is 6.93. The van der Waals surface area contributed by atoms with Crippen molar-refractivity contribution < 1.29 is 14.3 Å². The summed E-state index contributed by atoms with van der Waals surface area (Å²) in [7, 11) is 0. The predicted octanol–water partition coefficient (Wildman–Crippen LogP) is 5.67. The molecule has 3 fully saturated rings. The fourth-order valence-corrected chi connectivity index (χ4v) is 7.09. The summed E-state index contributed by atoms with van der Waals surface area (Å²) >= 11 is 6.25. The summed E-state index contributed by atoms with van der Waals surface area (Å²) in [6, 6.07) is 10.3. The molecule has 2 aliphatic heterocycles. The summed E-state index contributed by atoms with van der Waals surface area (Å²) < 4.78 is 16.3. The van der Waals surface area contributed by atoms with Gasteiger partial charge in [0.05, 0.1) is 5.02 Å². The van der Waals surface area contributed by atoms with Gasteiger partial charge in [0.25, 0.3) is 0 Å². The number of likely N-dealkylation sites (tertiary alicyclic amines) is 2. The minimum Gasteiger partial charge on any atom is -0.480 e. The van der Waals surface area contributed by atoms with Crippen LogP contribution < -0.4 is 0 Å². The van der Waals surface area contributed by atoms with Crippen LogP contribution in [-0.4, -0.2) is 69.0 Å². The van der Waals surface area contributed by atoms with Crippen molar-refractivity contribution >= 4 is 23.2 Å². The Balaban J connectivity index is 1.15. The molecule has 1 aliphatic carbocycles. The minimum atomic E-state index is -0.718. The molecule has 202 valence electrons. The van der Waals surface area contributed by atoms with Crippen LogP contribution >= 0.6 is 11.6 Å². The number of hydrogen-bond donors (Lipinski definition) is 1. The molecule has 2 aromatic heterocycles. The molecule has 1 saturated carbocycles. The number of fused-ring (bicyclic) bond motifs is 1. The Kier molecular flexibility index (Phi) is 7.43. The van der Waals surface area contributed by atoms with E-state index in [1.807, 2.05) is 30.6 Å². The van der Waals surface area contributed by atoms with Crippen molar-refractivity contribution in [1.82, 2.24) is 19.2 Å². The van der Waals surface area contributed by atoms with E-state index < -0.39 is 12.0 Å². The van der Waals surface area contributed by atoms with Crippen molar-refractivity contribution in [3.63, 3.8) is 0 Å². The zero-order valence-corrected chi connectivity index (χ0v) is 22.4. The number of nitrogens with zero attached hydrogens (tertiary/aromatic N) is 4. The van der Waals surface area contributed by atoms with Crippen molar-refractivity contribution in [2.45, 2.75) is 56.4 Å². The van der Waals surface area contributed by atoms with Gasteiger partial charge >= 0.3 is 5.97 Å². The van der Waals surface area contributed by atoms with Crippen LogP contribution in [0.3, 0.4) is 0 Å². The number of pyridine rings is 1. The molecule has 3 aromatic rings. The maximum absolute atomic E-state index is 14.2. The van der Waals surface area contributed by atoms with E-state index in [4.69, 9.17) is 11.6 Å². The number of benzene rings is 1. The average Bonchev–Trinajstić information content (AvgIpc) is 3.48. The molecule has 0 bridgehead atoms. The van der Waals surface area contributed by atoms with Crippen molar-refractivity contribution in [3.05, 3.63) is 70.9 Å². The number of imidazole rings is 1. The summed E-state index contributed by atoms with van der Waals surface area (Å²) in [5.41, 5.74) is 3.13. The van der Waals surface area contributed by atoms with Gasteiger partial charge in [-0.3, -0.25) is 9.69 Å². The van der Waals surface area contributed by atoms with Crippen LogP contribution in [0.15, 0.2) is 48.8 Å². The van der Waals surface area contributed by atoms with Crippen LogP contribution in [0, 0.1) is 17.7 Å². The van der Waals surface area contributed by atoms with Crippen molar-refractivity contribution in [2.24, 2.45) is 11.8 Å². The first-order valence-corrected chi connectivity index (χ1v) is 14.4. The molecule has 1 aromatic carbocycles. The van der Waals surface area contributed by atoms with Gasteiger partial charge in [-0.05, 0) is 74.0 Å². The third kappa shape index (κ3) is 5.33. The standard InChI is InChI=1S/C30H36ClFN4O2/c31-24-7-8-29-33-15-28(36(29)18-24)21-9-11-34(12-10-21)16-23-17-35(27(30(37)38)13-20-3-1-4-20)19-26(23)22-5-2-6-25(32)14-22/h2,5-8,14-15,18,20-21,23,26-27H,1,3-4,9-13,16-17,19H2,(H,37,38)/t23?,26-,27+/m1/s1. The first-order chi connectivity index (χ1) is 18.4. The van der Waals surface area contributed by atoms with Crippen LogP contribution in [0.2, 0.25) is 5.02 Å². The molecule has 0 radical (unpaired) electrons. The molecule has 0 spiro atoms. The molecule has 8 heteroatoms. The molecule has 1 N–H and O–H groups in total. The molecule has 4 heterocycles. The Labute approximate surface area is 228 Å². The van der Waals surface area contributed by atoms with Crippen LogP contribution in [0.4, 0.5) is 4.39 Å². The maximum Gasteiger partial charge on any atom is 0.320 e. The lowest BCUT2D eigenvalue weighted by Gasteiger charge is -2.35. The van der Waals surface area contributed by atoms with Gasteiger partial charge in [-0.25, -0.2) is 9.37 Å². The van der Waals surface area contributed by atoms with Crippen molar-refractivity contribution in [3.8, 4) is 0 Å². The van der Waals surface area contributed by atoms with E-state index in [1.54, 1.807) is 12.1 Å². The number of carbonyl (C=O) groups is 1. The monoisotopic (exact) mass is 538 g/mol. The number of halogens is 2. The first kappa shape index (κ1) is 25.8. The van der Waals surface area contributed by atoms with Gasteiger partial charge in [-0.1, -0.05) is 43.0 Å². The predicted molar refractivity (Wildman–Crippen MR) is 146 cm³/mol. The second kappa shape index (κ2) is 10.9. The fraction of sp³-hybridized carbons (Fsp3) is 0.533. The van der Waals surface area contributed by atoms with E-state index in [0.29, 0.717) is 23.4 Å². The summed E-state index contributed by atoms with van der Waals surface area (Å²) in [5, 5.41) is 10.8. The number of aliphatic carboxylic acids is 1. The number of piperidine rings is 1. The van der Waals surface area contributed by atoms with Gasteiger partial charge in [0.15, 0.2) is 0 Å². The third-order valence-corrected chi connectivity index (χ3v) is 9.47. The van der Waals surface area contributed by atoms with E-state index in [1.165, 1.54) is 18.2 Å². The third-order valence-electron chi connectivity index (χ3n) is 9.25. The lowest BCUT2D eigenvalue weighted by atomic mass is 9.80. The number of carboxylic acid groups (broad SMARTS) is 1. The Morgan fingerprint density at radius 2 is 1.95 bits per heavy atom. The lowest BCUT2D eigenvalue weighted by Crippen LogP contribution is -2.43. The highest BCUT2D eigenvalue weighted by Gasteiger charge is 2.41. The van der Waals surface area contributed by atoms with E-state index in [-0.39, 0.29) is 17.7 Å². The van der Waals surface area contributed by atoms with Crippen LogP contribution in [0.25, 0.3) is 5.65 Å². The Morgan fingerprint density at radius 3 is 2.66 bits per heavy atom. The molecule has 3 atom stereocenters. The Morgan fingerprint density at radius 1 is 1.13 bits per heavy atom. The van der Waals surface area contributed by atoms with Crippen molar-refractivity contribution in [2.75, 3.05) is 32.7 Å². The SMILES string of the molecule is O=C(O)[C@H](CC1CCC1)N1CC(CN2CCC(c3cnc4ccc(Cl)cn34)CC2)[C@@H](c2cccc(F)c2)C1. The average molecular weight is 539 g/mol. The smallest absolute Gasteiger partial charge is 0.320 e. The number of rotatable bonds is 8. The number of hydrogen-bond acceptors (Lipinski definition) is 4. The highest BCUT2D eigenvalue weighted by molar-refractivity contribution is 6.30. The molecule has 2 saturated heterocycles. The Hall–Kier alpha value is -2.48. The van der Waals surface area contributed by atoms with E-state index in [9.17, 15) is 14.3 Å². The second-order valence-corrected chi connectivity index (χ2v) is 12.0. The largest absolute Gasteiger partial charge is 0.480 e. The van der Waals surface area contributed by atoms with Gasteiger partial charge in [0.2, 0.25) is 0 Å². The van der Waals surface area contributed by atoms with Crippen LogP contribution in [-0.2, 0) is 4.79 Å². The maximum atomic E-state index is 14.2. The van der Waals surface area contributed by atoms with E-state index in [2.05, 4.69) is 19.2 Å². The van der Waals surface area contributed by atoms with Gasteiger partial charge in [0.1, 0.15) is 17.5 Å². The van der Waals surface area contributed by atoms with E-state index >= 15 is 0 Å². The molecular formula is C30H36ClFN4O2. The van der Waals surface area contributed by atoms with Crippen molar-refractivity contribution in [1.29, 1.82) is 0 Å². The number of carboxylic acids is 1. The normalized spacial score (nSPS) is 24.6. The zero-order valence-electron chi connectivity index (χ0n) is 21.7. The highest BCUT2D eigenvalue weighted by Crippen LogP contribution is 2.39. The van der Waals surface area contributed by atoms with Gasteiger partial charge in [0, 0.05) is 49.6 Å². The topological polar surface area (TPSA) is 61.1 Å². The molecule has 1 unspecified atom stereocenters. The summed E-state index contributed by atoms with van der Waals surface area (Å²) in [6.07, 6.45) is 10.2. The molecule has 6 rings (SSSR count). The minimum absolute atomic E-state index is 0.132. The first-order valence-electron chi connectivity index (χ1n) is 14.0. The quantitative estimate of drug-likeness (QED) is 0.401. The number of aromatic nitrogens is 2.